The van der Waals surface area contributed by atoms with E-state index in [2.05, 4.69) is 47.8 Å². The first-order chi connectivity index (χ1) is 17.2. The molecule has 2 aromatic carbocycles. The van der Waals surface area contributed by atoms with Crippen molar-refractivity contribution in [1.82, 2.24) is 5.32 Å². The number of rotatable bonds is 8. The highest BCUT2D eigenvalue weighted by molar-refractivity contribution is 5.92. The van der Waals surface area contributed by atoms with Crippen LogP contribution in [-0.2, 0) is 20.7 Å². The molecule has 3 aliphatic carbocycles. The van der Waals surface area contributed by atoms with Crippen molar-refractivity contribution in [2.75, 3.05) is 13.2 Å². The summed E-state index contributed by atoms with van der Waals surface area (Å²) >= 11 is 0. The van der Waals surface area contributed by atoms with E-state index in [1.807, 2.05) is 6.08 Å². The maximum Gasteiger partial charge on any atom is 0.286 e. The summed E-state index contributed by atoms with van der Waals surface area (Å²) < 4.78 is 12.2. The van der Waals surface area contributed by atoms with Gasteiger partial charge < -0.3 is 19.9 Å². The Morgan fingerprint density at radius 2 is 1.91 bits per heavy atom. The smallest absolute Gasteiger partial charge is 0.286 e. The predicted octanol–water partition coefficient (Wildman–Crippen LogP) is 5.07. The Morgan fingerprint density at radius 1 is 1.03 bits per heavy atom. The molecule has 35 heavy (non-hydrogen) atoms. The maximum atomic E-state index is 13.3. The number of carbonyl (C=O) groups is 1. The zero-order valence-electron chi connectivity index (χ0n) is 20.2. The molecule has 0 spiro atoms. The maximum absolute atomic E-state index is 13.3. The quantitative estimate of drug-likeness (QED) is 0.449. The number of amides is 1. The fraction of sp³-hybridized carbons (Fsp3) is 0.500. The van der Waals surface area contributed by atoms with Crippen LogP contribution in [0.3, 0.4) is 0 Å². The van der Waals surface area contributed by atoms with E-state index in [4.69, 9.17) is 14.6 Å². The van der Waals surface area contributed by atoms with Crippen molar-refractivity contribution < 1.29 is 19.4 Å². The minimum Gasteiger partial charge on any atom is -0.459 e. The number of aliphatic hydroxyl groups excluding tert-OH is 1. The average molecular weight is 474 g/mol. The Bertz CT molecular complexity index is 1130. The molecule has 6 rings (SSSR count). The highest BCUT2D eigenvalue weighted by Crippen LogP contribution is 2.45. The monoisotopic (exact) mass is 473 g/mol. The van der Waals surface area contributed by atoms with E-state index in [-0.39, 0.29) is 24.5 Å². The second-order valence-electron chi connectivity index (χ2n) is 10.7. The summed E-state index contributed by atoms with van der Waals surface area (Å²) in [6.07, 6.45) is 9.51. The number of unbranched alkanes of at least 4 members (excludes halogenated alkanes) is 1. The van der Waals surface area contributed by atoms with E-state index >= 15 is 0 Å². The van der Waals surface area contributed by atoms with Crippen LogP contribution in [0.4, 0.5) is 0 Å². The number of nitrogens with one attached hydrogen (secondary N) is 1. The van der Waals surface area contributed by atoms with Gasteiger partial charge >= 0.3 is 0 Å². The van der Waals surface area contributed by atoms with E-state index in [0.717, 1.165) is 25.2 Å². The van der Waals surface area contributed by atoms with Crippen LogP contribution in [-0.4, -0.2) is 36.6 Å². The van der Waals surface area contributed by atoms with Crippen LogP contribution in [0, 0.1) is 11.8 Å². The van der Waals surface area contributed by atoms with Gasteiger partial charge in [-0.1, -0.05) is 48.9 Å². The van der Waals surface area contributed by atoms with Gasteiger partial charge in [-0.15, -0.1) is 0 Å². The van der Waals surface area contributed by atoms with Gasteiger partial charge in [0.25, 0.3) is 5.91 Å². The number of aliphatic hydroxyl groups is 1. The van der Waals surface area contributed by atoms with Gasteiger partial charge in [0.2, 0.25) is 6.29 Å². The van der Waals surface area contributed by atoms with Crippen LogP contribution in [0.2, 0.25) is 0 Å². The van der Waals surface area contributed by atoms with Crippen LogP contribution in [0.5, 0.6) is 0 Å². The molecule has 5 nitrogen and oxygen atoms in total. The summed E-state index contributed by atoms with van der Waals surface area (Å²) in [6, 6.07) is 15.4. The van der Waals surface area contributed by atoms with E-state index in [9.17, 15) is 4.79 Å². The summed E-state index contributed by atoms with van der Waals surface area (Å²) in [4.78, 5) is 13.3. The molecule has 5 atom stereocenters. The normalized spacial score (nSPS) is 28.3. The molecular weight excluding hydrogens is 438 g/mol. The minimum atomic E-state index is -0.468. The molecule has 2 aromatic rings. The van der Waals surface area contributed by atoms with Gasteiger partial charge in [-0.2, -0.15) is 0 Å². The lowest BCUT2D eigenvalue weighted by atomic mass is 9.87. The molecule has 0 saturated heterocycles. The number of benzene rings is 2. The van der Waals surface area contributed by atoms with Gasteiger partial charge in [0.1, 0.15) is 0 Å². The molecule has 0 radical (unpaired) electrons. The topological polar surface area (TPSA) is 67.8 Å². The van der Waals surface area contributed by atoms with Gasteiger partial charge in [0.05, 0.1) is 6.61 Å². The third-order valence-corrected chi connectivity index (χ3v) is 8.48. The van der Waals surface area contributed by atoms with Gasteiger partial charge in [-0.05, 0) is 84.3 Å². The summed E-state index contributed by atoms with van der Waals surface area (Å²) in [6.45, 7) is 0.670. The molecular formula is C30H35NO4. The van der Waals surface area contributed by atoms with E-state index in [1.165, 1.54) is 47.1 Å². The van der Waals surface area contributed by atoms with Gasteiger partial charge in [-0.25, -0.2) is 0 Å². The fourth-order valence-electron chi connectivity index (χ4n) is 6.75. The summed E-state index contributed by atoms with van der Waals surface area (Å²) in [5, 5.41) is 12.4. The largest absolute Gasteiger partial charge is 0.459 e. The molecule has 2 N–H and O–H groups in total. The third-order valence-electron chi connectivity index (χ3n) is 8.48. The minimum absolute atomic E-state index is 0.0524. The molecule has 1 amide bonds. The second-order valence-corrected chi connectivity index (χ2v) is 10.7. The summed E-state index contributed by atoms with van der Waals surface area (Å²) in [7, 11) is 0. The number of hydrogen-bond acceptors (Lipinski definition) is 4. The molecule has 5 unspecified atom stereocenters. The van der Waals surface area contributed by atoms with Crippen molar-refractivity contribution in [1.29, 1.82) is 0 Å². The lowest BCUT2D eigenvalue weighted by Gasteiger charge is -2.31. The number of hydrogen-bond donors (Lipinski definition) is 2. The van der Waals surface area contributed by atoms with Gasteiger partial charge in [0, 0.05) is 25.0 Å². The zero-order chi connectivity index (χ0) is 23.8. The van der Waals surface area contributed by atoms with Gasteiger partial charge in [0.15, 0.2) is 5.76 Å². The molecule has 184 valence electrons. The SMILES string of the molecule is O=C(NC1CC2CCC1C2)C1=CC(c2cccc3c2Cc2ccccc2-3)CC(OCCCCO)O1. The first kappa shape index (κ1) is 22.8. The molecule has 2 fully saturated rings. The van der Waals surface area contributed by atoms with Crippen LogP contribution in [0.1, 0.15) is 67.6 Å². The van der Waals surface area contributed by atoms with Crippen molar-refractivity contribution in [3.05, 3.63) is 71.0 Å². The van der Waals surface area contributed by atoms with Crippen molar-refractivity contribution in [3.63, 3.8) is 0 Å². The molecule has 1 heterocycles. The Morgan fingerprint density at radius 3 is 2.74 bits per heavy atom. The Balaban J connectivity index is 1.25. The molecule has 0 aromatic heterocycles. The molecule has 4 aliphatic rings. The Hall–Kier alpha value is -2.63. The average Bonchev–Trinajstić information content (AvgIpc) is 3.60. The van der Waals surface area contributed by atoms with E-state index in [0.29, 0.717) is 31.1 Å². The van der Waals surface area contributed by atoms with Crippen molar-refractivity contribution in [3.8, 4) is 11.1 Å². The lowest BCUT2D eigenvalue weighted by molar-refractivity contribution is -0.147. The number of allylic oxidation sites excluding steroid dienone is 1. The standard InChI is InChI=1S/C30H35NO4/c32-12-3-4-13-34-29-18-22(17-28(35-29)30(33)31-27-15-19-10-11-21(27)14-19)24-8-5-9-25-23-7-2-1-6-20(23)16-26(24)25/h1-2,5-9,17,19,21-22,27,29,32H,3-4,10-16,18H2,(H,31,33). The highest BCUT2D eigenvalue weighted by atomic mass is 16.7. The van der Waals surface area contributed by atoms with Crippen molar-refractivity contribution >= 4 is 5.91 Å². The zero-order valence-corrected chi connectivity index (χ0v) is 20.2. The molecule has 2 bridgehead atoms. The Labute approximate surface area is 207 Å². The molecule has 5 heteroatoms. The summed E-state index contributed by atoms with van der Waals surface area (Å²) in [5.74, 6) is 1.73. The summed E-state index contributed by atoms with van der Waals surface area (Å²) in [5.41, 5.74) is 6.58. The third kappa shape index (κ3) is 4.52. The first-order valence-corrected chi connectivity index (χ1v) is 13.3. The molecule has 2 saturated carbocycles. The van der Waals surface area contributed by atoms with Crippen LogP contribution in [0.15, 0.2) is 54.3 Å². The van der Waals surface area contributed by atoms with Gasteiger partial charge in [-0.3, -0.25) is 4.79 Å². The number of carbonyl (C=O) groups excluding carboxylic acids is 1. The molecule has 1 aliphatic heterocycles. The van der Waals surface area contributed by atoms with E-state index in [1.54, 1.807) is 0 Å². The van der Waals surface area contributed by atoms with Crippen molar-refractivity contribution in [2.24, 2.45) is 11.8 Å². The first-order valence-electron chi connectivity index (χ1n) is 13.3. The van der Waals surface area contributed by atoms with Crippen molar-refractivity contribution in [2.45, 2.75) is 69.6 Å². The lowest BCUT2D eigenvalue weighted by Crippen LogP contribution is -2.41. The van der Waals surface area contributed by atoms with Crippen LogP contribution in [0.25, 0.3) is 11.1 Å². The number of ether oxygens (including phenoxy) is 2. The predicted molar refractivity (Wildman–Crippen MR) is 135 cm³/mol. The number of fused-ring (bicyclic) bond motifs is 5. The van der Waals surface area contributed by atoms with Crippen LogP contribution >= 0.6 is 0 Å². The highest BCUT2D eigenvalue weighted by Gasteiger charge is 2.41. The fourth-order valence-corrected chi connectivity index (χ4v) is 6.75. The van der Waals surface area contributed by atoms with Crippen LogP contribution < -0.4 is 5.32 Å². The second kappa shape index (κ2) is 9.79. The van der Waals surface area contributed by atoms with E-state index < -0.39 is 6.29 Å². The Kier molecular flexibility index (Phi) is 6.38.